The van der Waals surface area contributed by atoms with Gasteiger partial charge in [-0.1, -0.05) is 0 Å². The summed E-state index contributed by atoms with van der Waals surface area (Å²) in [5.41, 5.74) is 1.24. The number of aromatic nitrogens is 2. The molecule has 4 heteroatoms. The van der Waals surface area contributed by atoms with Crippen molar-refractivity contribution >= 4 is 0 Å². The normalized spacial score (nSPS) is 28.3. The summed E-state index contributed by atoms with van der Waals surface area (Å²) in [5, 5.41) is 12.9. The number of aliphatic hydroxyl groups excluding tert-OH is 1. The minimum Gasteiger partial charge on any atom is -0.396 e. The molecule has 1 aromatic heterocycles. The van der Waals surface area contributed by atoms with Gasteiger partial charge in [-0.15, -0.1) is 0 Å². The van der Waals surface area contributed by atoms with Gasteiger partial charge in [-0.05, 0) is 32.2 Å². The summed E-state index contributed by atoms with van der Waals surface area (Å²) in [6.45, 7) is 2.48. The van der Waals surface area contributed by atoms with E-state index in [9.17, 15) is 5.11 Å². The molecule has 0 radical (unpaired) electrons. The number of hydrogen-bond donors (Lipinski definition) is 2. The van der Waals surface area contributed by atoms with Crippen LogP contribution in [0, 0.1) is 0 Å². The third-order valence-electron chi connectivity index (χ3n) is 4.13. The summed E-state index contributed by atoms with van der Waals surface area (Å²) >= 11 is 0. The number of hydrogen-bond acceptors (Lipinski definition) is 3. The quantitative estimate of drug-likeness (QED) is 0.823. The van der Waals surface area contributed by atoms with Crippen LogP contribution < -0.4 is 5.32 Å². The molecular weight excluding hydrogens is 214 g/mol. The van der Waals surface area contributed by atoms with E-state index in [0.717, 1.165) is 25.9 Å². The predicted octanol–water partition coefficient (Wildman–Crippen LogP) is 1.05. The predicted molar refractivity (Wildman–Crippen MR) is 66.0 cm³/mol. The molecule has 2 aliphatic rings. The molecule has 17 heavy (non-hydrogen) atoms. The van der Waals surface area contributed by atoms with Gasteiger partial charge in [0.1, 0.15) is 5.82 Å². The second-order valence-electron chi connectivity index (χ2n) is 5.27. The Morgan fingerprint density at radius 1 is 1.41 bits per heavy atom. The van der Waals surface area contributed by atoms with Crippen molar-refractivity contribution < 1.29 is 5.11 Å². The molecule has 4 nitrogen and oxygen atoms in total. The van der Waals surface area contributed by atoms with E-state index >= 15 is 0 Å². The van der Waals surface area contributed by atoms with E-state index in [1.165, 1.54) is 30.8 Å². The van der Waals surface area contributed by atoms with Crippen molar-refractivity contribution in [1.82, 2.24) is 14.9 Å². The first kappa shape index (κ1) is 11.2. The van der Waals surface area contributed by atoms with Gasteiger partial charge in [0.2, 0.25) is 0 Å². The largest absolute Gasteiger partial charge is 0.396 e. The average molecular weight is 235 g/mol. The molecule has 0 aromatic carbocycles. The van der Waals surface area contributed by atoms with Crippen molar-refractivity contribution in [1.29, 1.82) is 0 Å². The van der Waals surface area contributed by atoms with E-state index < -0.39 is 0 Å². The molecule has 1 fully saturated rings. The molecular formula is C13H21N3O. The summed E-state index contributed by atoms with van der Waals surface area (Å²) in [6, 6.07) is 0.607. The van der Waals surface area contributed by atoms with Gasteiger partial charge in [-0.2, -0.15) is 0 Å². The van der Waals surface area contributed by atoms with Crippen LogP contribution >= 0.6 is 0 Å². The fraction of sp³-hybridized carbons (Fsp3) is 0.769. The highest BCUT2D eigenvalue weighted by Gasteiger charge is 2.24. The Bertz CT molecular complexity index is 382. The Balaban J connectivity index is 1.79. The van der Waals surface area contributed by atoms with Crippen molar-refractivity contribution in [3.8, 4) is 0 Å². The number of imidazole rings is 1. The lowest BCUT2D eigenvalue weighted by Crippen LogP contribution is -2.27. The molecule has 0 amide bonds. The Hall–Kier alpha value is -0.870. The first-order valence-electron chi connectivity index (χ1n) is 6.77. The van der Waals surface area contributed by atoms with Gasteiger partial charge in [-0.3, -0.25) is 0 Å². The summed E-state index contributed by atoms with van der Waals surface area (Å²) < 4.78 is 2.34. The zero-order valence-corrected chi connectivity index (χ0v) is 10.2. The second kappa shape index (κ2) is 4.78. The molecule has 1 aromatic rings. The smallest absolute Gasteiger partial charge is 0.110 e. The number of nitrogens with zero attached hydrogens (tertiary/aromatic N) is 2. The van der Waals surface area contributed by atoms with Gasteiger partial charge in [-0.25, -0.2) is 4.98 Å². The zero-order chi connectivity index (χ0) is 11.7. The van der Waals surface area contributed by atoms with E-state index in [-0.39, 0.29) is 6.61 Å². The topological polar surface area (TPSA) is 50.1 Å². The molecule has 3 heterocycles. The number of rotatable bonds is 3. The molecule has 1 saturated heterocycles. The molecule has 0 saturated carbocycles. The van der Waals surface area contributed by atoms with Gasteiger partial charge in [0.15, 0.2) is 0 Å². The maximum atomic E-state index is 9.38. The minimum atomic E-state index is 0.257. The summed E-state index contributed by atoms with van der Waals surface area (Å²) in [4.78, 5) is 4.57. The summed E-state index contributed by atoms with van der Waals surface area (Å²) in [5.74, 6) is 1.51. The third-order valence-corrected chi connectivity index (χ3v) is 4.13. The Labute approximate surface area is 102 Å². The summed E-state index contributed by atoms with van der Waals surface area (Å²) in [7, 11) is 0. The number of aliphatic hydroxyl groups is 1. The van der Waals surface area contributed by atoms with E-state index in [0.29, 0.717) is 12.0 Å². The number of nitrogens with one attached hydrogen (secondary N) is 1. The highest BCUT2D eigenvalue weighted by Crippen LogP contribution is 2.28. The lowest BCUT2D eigenvalue weighted by Gasteiger charge is -2.24. The summed E-state index contributed by atoms with van der Waals surface area (Å²) in [6.07, 6.45) is 7.84. The van der Waals surface area contributed by atoms with Crippen molar-refractivity contribution in [3.63, 3.8) is 0 Å². The molecule has 2 unspecified atom stereocenters. The Kier molecular flexibility index (Phi) is 3.16. The Morgan fingerprint density at radius 3 is 3.12 bits per heavy atom. The lowest BCUT2D eigenvalue weighted by molar-refractivity contribution is 0.240. The second-order valence-corrected chi connectivity index (χ2v) is 5.27. The fourth-order valence-electron chi connectivity index (χ4n) is 3.16. The first-order chi connectivity index (χ1) is 8.38. The Morgan fingerprint density at radius 2 is 2.35 bits per heavy atom. The molecule has 3 rings (SSSR count). The van der Waals surface area contributed by atoms with Crippen molar-refractivity contribution in [2.75, 3.05) is 13.2 Å². The van der Waals surface area contributed by atoms with Crippen LogP contribution in [0.25, 0.3) is 0 Å². The van der Waals surface area contributed by atoms with Crippen LogP contribution in [0.4, 0.5) is 0 Å². The maximum absolute atomic E-state index is 9.38. The highest BCUT2D eigenvalue weighted by molar-refractivity contribution is 5.14. The van der Waals surface area contributed by atoms with Gasteiger partial charge in [0, 0.05) is 36.8 Å². The van der Waals surface area contributed by atoms with E-state index in [1.54, 1.807) is 0 Å². The van der Waals surface area contributed by atoms with Gasteiger partial charge in [0.25, 0.3) is 0 Å². The SMILES string of the molecule is OCC1CCCn2c1cnc2CC1CCCN1. The molecule has 94 valence electrons. The maximum Gasteiger partial charge on any atom is 0.110 e. The van der Waals surface area contributed by atoms with Crippen LogP contribution in [0.2, 0.25) is 0 Å². The standard InChI is InChI=1S/C13H21N3O/c17-9-10-3-2-6-16-12(10)8-15-13(16)7-11-4-1-5-14-11/h8,10-11,14,17H,1-7,9H2. The average Bonchev–Trinajstić information content (AvgIpc) is 2.99. The molecule has 2 aliphatic heterocycles. The van der Waals surface area contributed by atoms with Gasteiger partial charge < -0.3 is 15.0 Å². The molecule has 2 atom stereocenters. The first-order valence-corrected chi connectivity index (χ1v) is 6.77. The van der Waals surface area contributed by atoms with Crippen LogP contribution in [-0.2, 0) is 13.0 Å². The monoisotopic (exact) mass is 235 g/mol. The lowest BCUT2D eigenvalue weighted by atomic mass is 9.97. The fourth-order valence-corrected chi connectivity index (χ4v) is 3.16. The number of fused-ring (bicyclic) bond motifs is 1. The van der Waals surface area contributed by atoms with E-state index in [4.69, 9.17) is 0 Å². The van der Waals surface area contributed by atoms with Crippen molar-refractivity contribution in [2.45, 2.75) is 50.6 Å². The zero-order valence-electron chi connectivity index (χ0n) is 10.2. The molecule has 0 bridgehead atoms. The van der Waals surface area contributed by atoms with Crippen LogP contribution in [0.5, 0.6) is 0 Å². The van der Waals surface area contributed by atoms with Gasteiger partial charge >= 0.3 is 0 Å². The molecule has 0 aliphatic carbocycles. The molecule has 2 N–H and O–H groups in total. The van der Waals surface area contributed by atoms with Crippen LogP contribution in [-0.4, -0.2) is 33.9 Å². The van der Waals surface area contributed by atoms with Crippen molar-refractivity contribution in [2.24, 2.45) is 0 Å². The van der Waals surface area contributed by atoms with E-state index in [1.807, 2.05) is 6.20 Å². The van der Waals surface area contributed by atoms with Crippen molar-refractivity contribution in [3.05, 3.63) is 17.7 Å². The van der Waals surface area contributed by atoms with E-state index in [2.05, 4.69) is 14.9 Å². The highest BCUT2D eigenvalue weighted by atomic mass is 16.3. The third kappa shape index (κ3) is 2.11. The van der Waals surface area contributed by atoms with Crippen LogP contribution in [0.1, 0.15) is 43.1 Å². The minimum absolute atomic E-state index is 0.257. The van der Waals surface area contributed by atoms with Crippen LogP contribution in [0.3, 0.4) is 0 Å². The molecule has 0 spiro atoms. The van der Waals surface area contributed by atoms with Crippen LogP contribution in [0.15, 0.2) is 6.20 Å². The van der Waals surface area contributed by atoms with Gasteiger partial charge in [0.05, 0.1) is 6.61 Å².